The second kappa shape index (κ2) is 6.21. The van der Waals surface area contributed by atoms with Gasteiger partial charge in [-0.2, -0.15) is 0 Å². The van der Waals surface area contributed by atoms with E-state index < -0.39 is 12.1 Å². The molecular weight excluding hydrogens is 260 g/mol. The number of carboxylic acids is 1. The van der Waals surface area contributed by atoms with E-state index in [4.69, 9.17) is 14.6 Å². The second-order valence-electron chi connectivity index (χ2n) is 4.16. The van der Waals surface area contributed by atoms with E-state index in [0.717, 1.165) is 16.5 Å². The molecule has 6 heteroatoms. The number of aliphatic carboxylic acids is 1. The van der Waals surface area contributed by atoms with Crippen LogP contribution in [0.25, 0.3) is 10.8 Å². The first-order valence-electron chi connectivity index (χ1n) is 6.08. The van der Waals surface area contributed by atoms with Crippen LogP contribution in [0.15, 0.2) is 30.5 Å². The molecule has 2 rings (SSSR count). The van der Waals surface area contributed by atoms with Crippen LogP contribution in [0.3, 0.4) is 0 Å². The number of nitrogens with zero attached hydrogens (tertiary/aromatic N) is 1. The number of nitrogens with one attached hydrogen (secondary N) is 1. The predicted molar refractivity (Wildman–Crippen MR) is 75.2 cm³/mol. The summed E-state index contributed by atoms with van der Waals surface area (Å²) in [7, 11) is 2.97. The number of carbonyl (C=O) groups is 1. The van der Waals surface area contributed by atoms with E-state index in [0.29, 0.717) is 5.82 Å². The Hall–Kier alpha value is -2.34. The smallest absolute Gasteiger partial charge is 0.334 e. The lowest BCUT2D eigenvalue weighted by atomic mass is 10.1. The summed E-state index contributed by atoms with van der Waals surface area (Å²) in [5.41, 5.74) is 0. The molecular formula is C14H16N2O4. The number of hydrogen-bond acceptors (Lipinski definition) is 5. The van der Waals surface area contributed by atoms with Crippen LogP contribution in [0, 0.1) is 0 Å². The van der Waals surface area contributed by atoms with E-state index >= 15 is 0 Å². The van der Waals surface area contributed by atoms with Gasteiger partial charge in [0.1, 0.15) is 11.6 Å². The third-order valence-corrected chi connectivity index (χ3v) is 3.00. The van der Waals surface area contributed by atoms with Crippen LogP contribution < -0.4 is 10.1 Å². The third kappa shape index (κ3) is 2.80. The van der Waals surface area contributed by atoms with Crippen molar-refractivity contribution in [2.45, 2.75) is 6.10 Å². The van der Waals surface area contributed by atoms with Crippen LogP contribution in [-0.2, 0) is 9.53 Å². The highest BCUT2D eigenvalue weighted by Gasteiger charge is 2.16. The molecule has 6 nitrogen and oxygen atoms in total. The number of methoxy groups -OCH3 is 2. The fourth-order valence-corrected chi connectivity index (χ4v) is 1.96. The quantitative estimate of drug-likeness (QED) is 0.836. The zero-order valence-electron chi connectivity index (χ0n) is 11.3. The molecule has 1 atom stereocenters. The van der Waals surface area contributed by atoms with Crippen LogP contribution in [0.1, 0.15) is 0 Å². The molecule has 20 heavy (non-hydrogen) atoms. The molecule has 1 heterocycles. The highest BCUT2D eigenvalue weighted by molar-refractivity contribution is 5.95. The molecule has 0 saturated heterocycles. The normalized spacial score (nSPS) is 12.1. The number of benzene rings is 1. The molecule has 106 valence electrons. The summed E-state index contributed by atoms with van der Waals surface area (Å²) < 4.78 is 10.2. The van der Waals surface area contributed by atoms with Crippen LogP contribution in [0.4, 0.5) is 5.82 Å². The molecule has 0 bridgehead atoms. The summed E-state index contributed by atoms with van der Waals surface area (Å²) in [5, 5.41) is 13.7. The molecule has 0 spiro atoms. The zero-order valence-corrected chi connectivity index (χ0v) is 11.3. The lowest BCUT2D eigenvalue weighted by Crippen LogP contribution is -2.30. The van der Waals surface area contributed by atoms with E-state index in [1.165, 1.54) is 7.11 Å². The van der Waals surface area contributed by atoms with Crippen molar-refractivity contribution >= 4 is 22.6 Å². The van der Waals surface area contributed by atoms with Crippen molar-refractivity contribution in [1.82, 2.24) is 4.98 Å². The van der Waals surface area contributed by atoms with E-state index in [9.17, 15) is 4.79 Å². The van der Waals surface area contributed by atoms with Crippen molar-refractivity contribution in [3.8, 4) is 5.75 Å². The van der Waals surface area contributed by atoms with Crippen molar-refractivity contribution in [2.75, 3.05) is 26.1 Å². The van der Waals surface area contributed by atoms with Crippen molar-refractivity contribution in [2.24, 2.45) is 0 Å². The summed E-state index contributed by atoms with van der Waals surface area (Å²) >= 11 is 0. The van der Waals surface area contributed by atoms with Gasteiger partial charge in [-0.25, -0.2) is 9.78 Å². The lowest BCUT2D eigenvalue weighted by molar-refractivity contribution is -0.147. The molecule has 0 fully saturated rings. The maximum Gasteiger partial charge on any atom is 0.334 e. The summed E-state index contributed by atoms with van der Waals surface area (Å²) in [4.78, 5) is 15.1. The largest absolute Gasteiger partial charge is 0.496 e. The van der Waals surface area contributed by atoms with Gasteiger partial charge in [0, 0.05) is 24.1 Å². The first kappa shape index (κ1) is 14.1. The standard InChI is InChI=1S/C14H16N2O4/c1-19-11-5-3-4-10-9(11)6-7-15-13(10)16-8-12(20-2)14(17)18/h3-7,12H,8H2,1-2H3,(H,15,16)(H,17,18). The Kier molecular flexibility index (Phi) is 4.37. The van der Waals surface area contributed by atoms with Gasteiger partial charge >= 0.3 is 5.97 Å². The molecule has 1 aromatic heterocycles. The molecule has 2 N–H and O–H groups in total. The Morgan fingerprint density at radius 1 is 1.35 bits per heavy atom. The van der Waals surface area contributed by atoms with E-state index in [2.05, 4.69) is 10.3 Å². The van der Waals surface area contributed by atoms with Crippen molar-refractivity contribution in [1.29, 1.82) is 0 Å². The molecule has 0 saturated carbocycles. The molecule has 0 radical (unpaired) electrons. The topological polar surface area (TPSA) is 80.7 Å². The second-order valence-corrected chi connectivity index (χ2v) is 4.16. The Morgan fingerprint density at radius 2 is 2.15 bits per heavy atom. The number of aromatic nitrogens is 1. The maximum absolute atomic E-state index is 10.9. The van der Waals surface area contributed by atoms with Gasteiger partial charge in [0.2, 0.25) is 0 Å². The monoisotopic (exact) mass is 276 g/mol. The van der Waals surface area contributed by atoms with Crippen LogP contribution >= 0.6 is 0 Å². The molecule has 0 aliphatic carbocycles. The molecule has 1 unspecified atom stereocenters. The SMILES string of the molecule is COc1cccc2c(NCC(OC)C(=O)O)nccc12. The van der Waals surface area contributed by atoms with E-state index in [1.54, 1.807) is 13.3 Å². The van der Waals surface area contributed by atoms with Crippen LogP contribution in [0.5, 0.6) is 5.75 Å². The molecule has 1 aromatic carbocycles. The molecule has 0 aliphatic rings. The number of hydrogen-bond donors (Lipinski definition) is 2. The summed E-state index contributed by atoms with van der Waals surface area (Å²) in [6.45, 7) is 0.134. The lowest BCUT2D eigenvalue weighted by Gasteiger charge is -2.14. The number of rotatable bonds is 6. The highest BCUT2D eigenvalue weighted by Crippen LogP contribution is 2.28. The minimum absolute atomic E-state index is 0.134. The number of pyridine rings is 1. The van der Waals surface area contributed by atoms with Gasteiger partial charge in [-0.3, -0.25) is 0 Å². The number of carboxylic acid groups (broad SMARTS) is 1. The van der Waals surface area contributed by atoms with Gasteiger partial charge in [-0.05, 0) is 12.1 Å². The molecule has 2 aromatic rings. The number of anilines is 1. The number of fused-ring (bicyclic) bond motifs is 1. The first-order valence-corrected chi connectivity index (χ1v) is 6.08. The Balaban J connectivity index is 2.29. The average molecular weight is 276 g/mol. The summed E-state index contributed by atoms with van der Waals surface area (Å²) in [5.74, 6) is 0.331. The fourth-order valence-electron chi connectivity index (χ4n) is 1.96. The Morgan fingerprint density at radius 3 is 2.80 bits per heavy atom. The Bertz CT molecular complexity index is 615. The van der Waals surface area contributed by atoms with Crippen LogP contribution in [-0.4, -0.2) is 42.9 Å². The van der Waals surface area contributed by atoms with Gasteiger partial charge in [-0.15, -0.1) is 0 Å². The number of ether oxygens (including phenoxy) is 2. The summed E-state index contributed by atoms with van der Waals surface area (Å²) in [6, 6.07) is 7.47. The van der Waals surface area contributed by atoms with Crippen molar-refractivity contribution in [3.63, 3.8) is 0 Å². The van der Waals surface area contributed by atoms with Crippen molar-refractivity contribution < 1.29 is 19.4 Å². The third-order valence-electron chi connectivity index (χ3n) is 3.00. The van der Waals surface area contributed by atoms with Gasteiger partial charge in [0.15, 0.2) is 6.10 Å². The minimum Gasteiger partial charge on any atom is -0.496 e. The van der Waals surface area contributed by atoms with Crippen LogP contribution in [0.2, 0.25) is 0 Å². The Labute approximate surface area is 116 Å². The van der Waals surface area contributed by atoms with Gasteiger partial charge in [0.25, 0.3) is 0 Å². The molecule has 0 amide bonds. The van der Waals surface area contributed by atoms with Gasteiger partial charge in [-0.1, -0.05) is 12.1 Å². The van der Waals surface area contributed by atoms with Gasteiger partial charge in [0.05, 0.1) is 13.7 Å². The predicted octanol–water partition coefficient (Wildman–Crippen LogP) is 1.75. The first-order chi connectivity index (χ1) is 9.67. The van der Waals surface area contributed by atoms with Gasteiger partial charge < -0.3 is 19.9 Å². The zero-order chi connectivity index (χ0) is 14.5. The van der Waals surface area contributed by atoms with E-state index in [1.807, 2.05) is 24.3 Å². The average Bonchev–Trinajstić information content (AvgIpc) is 2.47. The summed E-state index contributed by atoms with van der Waals surface area (Å²) in [6.07, 6.45) is 0.730. The highest BCUT2D eigenvalue weighted by atomic mass is 16.5. The minimum atomic E-state index is -1.02. The van der Waals surface area contributed by atoms with E-state index in [-0.39, 0.29) is 6.54 Å². The molecule has 0 aliphatic heterocycles. The van der Waals surface area contributed by atoms with Crippen molar-refractivity contribution in [3.05, 3.63) is 30.5 Å². The maximum atomic E-state index is 10.9. The fraction of sp³-hybridized carbons (Fsp3) is 0.286.